The van der Waals surface area contributed by atoms with Gasteiger partial charge >= 0.3 is 6.19 Å². The van der Waals surface area contributed by atoms with Gasteiger partial charge in [0.05, 0.1) is 35.3 Å². The molecule has 11 nitrogen and oxygen atoms in total. The number of quaternary nitrogens is 1. The Morgan fingerprint density at radius 1 is 1.43 bits per heavy atom. The summed E-state index contributed by atoms with van der Waals surface area (Å²) in [6, 6.07) is 0. The van der Waals surface area contributed by atoms with Crippen LogP contribution in [0.4, 0.5) is 0 Å². The highest BCUT2D eigenvalue weighted by atomic mass is 35.7. The molecule has 0 radical (unpaired) electrons. The average Bonchev–Trinajstić information content (AvgIpc) is 2.09. The second-order valence-electron chi connectivity index (χ2n) is 4.36. The number of nitrogens with zero attached hydrogens (tertiary/aromatic N) is 2. The minimum Gasteiger partial charge on any atom is -0.550 e. The van der Waals surface area contributed by atoms with Crippen molar-refractivity contribution in [3.8, 4) is 6.19 Å². The Bertz CT molecular complexity index is 473. The van der Waals surface area contributed by atoms with Crippen molar-refractivity contribution in [2.75, 3.05) is 26.9 Å². The van der Waals surface area contributed by atoms with Crippen LogP contribution in [0.15, 0.2) is 0 Å². The van der Waals surface area contributed by atoms with Crippen LogP contribution in [0, 0.1) is 21.7 Å². The van der Waals surface area contributed by atoms with Gasteiger partial charge in [0.2, 0.25) is 0 Å². The predicted octanol–water partition coefficient (Wildman–Crippen LogP) is -6.10. The minimum atomic E-state index is -4.69. The van der Waals surface area contributed by atoms with Crippen molar-refractivity contribution in [3.05, 3.63) is 0 Å². The molecule has 0 fully saturated rings. The number of hydrogen-bond acceptors (Lipinski definition) is 10. The average molecular weight is 351 g/mol. The second-order valence-corrected chi connectivity index (χ2v) is 6.75. The molecule has 0 aliphatic carbocycles. The summed E-state index contributed by atoms with van der Waals surface area (Å²) in [5.41, 5.74) is 0. The topological polar surface area (TPSA) is 197 Å². The smallest absolute Gasteiger partial charge is 0.308 e. The molecule has 0 aliphatic heterocycles. The lowest BCUT2D eigenvalue weighted by Gasteiger charge is -2.24. The van der Waals surface area contributed by atoms with E-state index in [9.17, 15) is 18.3 Å². The van der Waals surface area contributed by atoms with E-state index in [-0.39, 0.29) is 11.0 Å². The number of aliphatic carboxylic acids is 1. The van der Waals surface area contributed by atoms with E-state index >= 15 is 0 Å². The van der Waals surface area contributed by atoms with E-state index in [1.165, 1.54) is 14.1 Å². The number of carboxylic acids is 1. The van der Waals surface area contributed by atoms with Crippen LogP contribution < -0.4 is 19.1 Å². The van der Waals surface area contributed by atoms with Gasteiger partial charge in [-0.1, -0.05) is 0 Å². The van der Waals surface area contributed by atoms with Gasteiger partial charge in [-0.2, -0.15) is 22.4 Å². The SMILES string of the molecule is C[N+](C)(C#N)CC(CC(=O)[O-])OS(C)(=O)=O.[O-][Cl+3]([O-])([O-])O. The Morgan fingerprint density at radius 3 is 2.05 bits per heavy atom. The van der Waals surface area contributed by atoms with Crippen molar-refractivity contribution in [1.82, 2.24) is 0 Å². The van der Waals surface area contributed by atoms with Crippen LogP contribution in [-0.4, -0.2) is 56.5 Å². The van der Waals surface area contributed by atoms with Gasteiger partial charge in [0.25, 0.3) is 10.1 Å². The predicted molar refractivity (Wildman–Crippen MR) is 54.1 cm³/mol. The van der Waals surface area contributed by atoms with Gasteiger partial charge < -0.3 is 9.90 Å². The molecule has 1 N–H and O–H groups in total. The summed E-state index contributed by atoms with van der Waals surface area (Å²) in [5.74, 6) is -1.42. The summed E-state index contributed by atoms with van der Waals surface area (Å²) in [4.78, 5) is 10.4. The fourth-order valence-electron chi connectivity index (χ4n) is 1.11. The van der Waals surface area contributed by atoms with Crippen molar-refractivity contribution >= 4 is 16.1 Å². The Kier molecular flexibility index (Phi) is 8.91. The molecule has 0 aromatic carbocycles. The van der Waals surface area contributed by atoms with Crippen molar-refractivity contribution in [1.29, 1.82) is 5.26 Å². The molecule has 0 amide bonds. The molecular weight excluding hydrogens is 336 g/mol. The fourth-order valence-corrected chi connectivity index (χ4v) is 1.74. The van der Waals surface area contributed by atoms with Gasteiger partial charge in [0.15, 0.2) is 0 Å². The van der Waals surface area contributed by atoms with Crippen LogP contribution in [-0.2, 0) is 19.1 Å². The quantitative estimate of drug-likeness (QED) is 0.273. The summed E-state index contributed by atoms with van der Waals surface area (Å²) in [6.45, 7) is -0.0580. The minimum absolute atomic E-state index is 0.0580. The number of carboxylic acid groups (broad SMARTS) is 1. The summed E-state index contributed by atoms with van der Waals surface area (Å²) in [6.07, 6.45) is 1.03. The van der Waals surface area contributed by atoms with E-state index in [4.69, 9.17) is 23.9 Å². The molecule has 0 aromatic heterocycles. The largest absolute Gasteiger partial charge is 0.550 e. The monoisotopic (exact) mass is 350 g/mol. The zero-order valence-electron chi connectivity index (χ0n) is 11.4. The van der Waals surface area contributed by atoms with Crippen LogP contribution in [0.25, 0.3) is 0 Å². The van der Waals surface area contributed by atoms with Gasteiger partial charge in [-0.15, -0.1) is 5.26 Å². The molecule has 0 aliphatic rings. The van der Waals surface area contributed by atoms with Crippen LogP contribution in [0.1, 0.15) is 6.42 Å². The Balaban J connectivity index is 0. The molecule has 1 atom stereocenters. The van der Waals surface area contributed by atoms with Crippen molar-refractivity contribution in [2.45, 2.75) is 12.5 Å². The highest BCUT2D eigenvalue weighted by Gasteiger charge is 2.26. The highest BCUT2D eigenvalue weighted by Crippen LogP contribution is 2.08. The van der Waals surface area contributed by atoms with Crippen molar-refractivity contribution in [3.63, 3.8) is 0 Å². The molecule has 0 aromatic rings. The Morgan fingerprint density at radius 2 is 1.81 bits per heavy atom. The fraction of sp³-hybridized carbons (Fsp3) is 0.750. The van der Waals surface area contributed by atoms with E-state index in [0.717, 1.165) is 6.26 Å². The first-order chi connectivity index (χ1) is 9.06. The number of carbonyl (C=O) groups is 1. The lowest BCUT2D eigenvalue weighted by molar-refractivity contribution is -1.92. The number of likely N-dealkylation sites (N-methyl/N-ethyl adjacent to an activating group) is 1. The molecule has 0 spiro atoms. The maximum atomic E-state index is 10.9. The van der Waals surface area contributed by atoms with Gasteiger partial charge in [-0.3, -0.25) is 4.18 Å². The van der Waals surface area contributed by atoms with E-state index in [2.05, 4.69) is 4.18 Å². The molecule has 13 heteroatoms. The van der Waals surface area contributed by atoms with Gasteiger partial charge in [0.1, 0.15) is 12.6 Å². The zero-order chi connectivity index (χ0) is 17.5. The lowest BCUT2D eigenvalue weighted by Crippen LogP contribution is -2.58. The van der Waals surface area contributed by atoms with E-state index < -0.39 is 38.9 Å². The molecular formula is C8H15ClN2O9S. The Labute approximate surface area is 123 Å². The van der Waals surface area contributed by atoms with Gasteiger partial charge in [-0.05, 0) is 0 Å². The standard InChI is InChI=1S/C8H14N2O5S.ClHO4/c1-10(2,6-9)5-7(4-8(11)12)15-16(3,13)14;2-1(3,4)5/h7H,4-5H2,1-3H3;(H,2,3,4,5). The molecule has 0 saturated heterocycles. The Hall–Kier alpha value is -1.04. The molecule has 1 unspecified atom stereocenters. The third-order valence-corrected chi connectivity index (χ3v) is 2.26. The second kappa shape index (κ2) is 8.41. The lowest BCUT2D eigenvalue weighted by atomic mass is 10.2. The first-order valence-corrected chi connectivity index (χ1v) is 8.09. The maximum Gasteiger partial charge on any atom is 0.308 e. The molecule has 21 heavy (non-hydrogen) atoms. The maximum absolute atomic E-state index is 10.9. The normalized spacial score (nSPS) is 13.6. The van der Waals surface area contributed by atoms with Crippen molar-refractivity contribution in [2.24, 2.45) is 0 Å². The number of halogens is 1. The molecule has 0 bridgehead atoms. The summed E-state index contributed by atoms with van der Waals surface area (Å²) < 4.78 is 58.8. The van der Waals surface area contributed by atoms with Crippen LogP contribution in [0.2, 0.25) is 0 Å². The zero-order valence-corrected chi connectivity index (χ0v) is 13.0. The first-order valence-electron chi connectivity index (χ1n) is 5.01. The van der Waals surface area contributed by atoms with Crippen molar-refractivity contribution < 1.29 is 55.9 Å². The molecule has 0 saturated carbocycles. The number of hydrogen-bond donors (Lipinski definition) is 1. The van der Waals surface area contributed by atoms with E-state index in [1.807, 2.05) is 6.19 Å². The number of rotatable bonds is 6. The molecule has 0 rings (SSSR count). The third-order valence-electron chi connectivity index (χ3n) is 1.64. The molecule has 0 heterocycles. The van der Waals surface area contributed by atoms with Gasteiger partial charge in [0, 0.05) is 12.4 Å². The third kappa shape index (κ3) is 21.4. The summed E-state index contributed by atoms with van der Waals surface area (Å²) in [5, 5.41) is 19.1. The van der Waals surface area contributed by atoms with E-state index in [1.54, 1.807) is 0 Å². The van der Waals surface area contributed by atoms with Crippen LogP contribution in [0.3, 0.4) is 0 Å². The first kappa shape index (κ1) is 22.2. The van der Waals surface area contributed by atoms with Gasteiger partial charge in [-0.25, -0.2) is 4.48 Å². The molecule has 124 valence electrons. The number of nitriles is 1. The number of carbonyl (C=O) groups excluding carboxylic acids is 1. The summed E-state index contributed by atoms with van der Waals surface area (Å²) in [7, 11) is -5.44. The summed E-state index contributed by atoms with van der Waals surface area (Å²) >= 11 is 0. The van der Waals surface area contributed by atoms with Crippen LogP contribution >= 0.6 is 0 Å². The van der Waals surface area contributed by atoms with Crippen LogP contribution in [0.5, 0.6) is 0 Å². The highest BCUT2D eigenvalue weighted by molar-refractivity contribution is 7.86. The van der Waals surface area contributed by atoms with E-state index in [0.29, 0.717) is 0 Å².